The number of carbonyl (C=O) groups excluding carboxylic acids is 3. The molecule has 2 atom stereocenters. The monoisotopic (exact) mass is 487 g/mol. The fourth-order valence-corrected chi connectivity index (χ4v) is 4.93. The van der Waals surface area contributed by atoms with Gasteiger partial charge in [-0.1, -0.05) is 66.6 Å². The molecule has 2 heterocycles. The molecular weight excluding hydrogens is 454 g/mol. The minimum Gasteiger partial charge on any atom is -0.337 e. The highest BCUT2D eigenvalue weighted by atomic mass is 16.2. The van der Waals surface area contributed by atoms with Crippen LogP contribution >= 0.6 is 0 Å². The zero-order chi connectivity index (χ0) is 25.5. The lowest BCUT2D eigenvalue weighted by molar-refractivity contribution is -0.187. The van der Waals surface area contributed by atoms with E-state index in [0.29, 0.717) is 13.1 Å². The molecule has 8 nitrogen and oxygen atoms in total. The first-order chi connectivity index (χ1) is 17.5. The minimum atomic E-state index is -0.650. The summed E-state index contributed by atoms with van der Waals surface area (Å²) in [5.74, 6) is 2.26. The number of fused-ring (bicyclic) bond motifs is 1. The fourth-order valence-electron chi connectivity index (χ4n) is 4.93. The Morgan fingerprint density at radius 2 is 1.69 bits per heavy atom. The molecule has 0 aliphatic carbocycles. The van der Waals surface area contributed by atoms with Crippen LogP contribution in [0.15, 0.2) is 60.7 Å². The van der Waals surface area contributed by atoms with Crippen molar-refractivity contribution in [2.24, 2.45) is 0 Å². The SMILES string of the molecule is C#CCN1CC(=O)N2[C@@H](C)C(=O)N(CCCCc3ccccc3)C[C@@H]2N1C(=O)NCc1ccccc1. The molecule has 2 aliphatic heterocycles. The third-order valence-corrected chi connectivity index (χ3v) is 6.74. The predicted octanol–water partition coefficient (Wildman–Crippen LogP) is 2.47. The lowest BCUT2D eigenvalue weighted by Crippen LogP contribution is -2.76. The lowest BCUT2D eigenvalue weighted by Gasteiger charge is -2.54. The summed E-state index contributed by atoms with van der Waals surface area (Å²) >= 11 is 0. The summed E-state index contributed by atoms with van der Waals surface area (Å²) < 4.78 is 0. The molecule has 0 bridgehead atoms. The second-order valence-electron chi connectivity index (χ2n) is 9.20. The van der Waals surface area contributed by atoms with E-state index in [9.17, 15) is 14.4 Å². The first kappa shape index (κ1) is 25.3. The van der Waals surface area contributed by atoms with E-state index >= 15 is 0 Å². The molecule has 2 fully saturated rings. The van der Waals surface area contributed by atoms with Crippen LogP contribution < -0.4 is 5.32 Å². The van der Waals surface area contributed by atoms with Crippen LogP contribution in [0.1, 0.15) is 30.9 Å². The van der Waals surface area contributed by atoms with Crippen molar-refractivity contribution in [1.82, 2.24) is 25.1 Å². The standard InChI is InChI=1S/C28H33N5O3/c1-3-17-31-21-26(34)32-22(2)27(35)30(18-11-10-14-23-12-6-4-7-13-23)20-25(32)33(31)28(36)29-19-24-15-8-5-9-16-24/h1,4-9,12-13,15-16,22,25H,10-11,14,17-21H2,2H3,(H,29,36)/t22-,25-/m0/s1. The number of urea groups is 1. The number of amides is 4. The number of hydrazine groups is 1. The number of nitrogens with one attached hydrogen (secondary N) is 1. The highest BCUT2D eigenvalue weighted by Gasteiger charge is 2.49. The predicted molar refractivity (Wildman–Crippen MR) is 137 cm³/mol. The number of unbranched alkanes of at least 4 members (excludes halogenated alkanes) is 1. The summed E-state index contributed by atoms with van der Waals surface area (Å²) in [4.78, 5) is 42.9. The molecular formula is C28H33N5O3. The van der Waals surface area contributed by atoms with Crippen LogP contribution in [0.3, 0.4) is 0 Å². The highest BCUT2D eigenvalue weighted by molar-refractivity contribution is 5.91. The summed E-state index contributed by atoms with van der Waals surface area (Å²) in [5, 5.41) is 6.08. The van der Waals surface area contributed by atoms with Crippen LogP contribution in [0.2, 0.25) is 0 Å². The number of piperazine rings is 1. The maximum atomic E-state index is 13.4. The van der Waals surface area contributed by atoms with Crippen molar-refractivity contribution < 1.29 is 14.4 Å². The van der Waals surface area contributed by atoms with E-state index < -0.39 is 12.2 Å². The molecule has 0 radical (unpaired) electrons. The van der Waals surface area contributed by atoms with Gasteiger partial charge in [0.2, 0.25) is 11.8 Å². The van der Waals surface area contributed by atoms with Crippen molar-refractivity contribution in [3.63, 3.8) is 0 Å². The van der Waals surface area contributed by atoms with Gasteiger partial charge in [0.05, 0.1) is 19.6 Å². The van der Waals surface area contributed by atoms with Crippen molar-refractivity contribution in [2.45, 2.75) is 44.9 Å². The Labute approximate surface area is 212 Å². The van der Waals surface area contributed by atoms with Gasteiger partial charge in [0.1, 0.15) is 12.2 Å². The number of hydrogen-bond donors (Lipinski definition) is 1. The van der Waals surface area contributed by atoms with Gasteiger partial charge in [-0.25, -0.2) is 9.80 Å². The van der Waals surface area contributed by atoms with E-state index in [1.807, 2.05) is 48.5 Å². The Bertz CT molecular complexity index is 1100. The van der Waals surface area contributed by atoms with Crippen molar-refractivity contribution in [1.29, 1.82) is 0 Å². The molecule has 8 heteroatoms. The first-order valence-corrected chi connectivity index (χ1v) is 12.4. The summed E-state index contributed by atoms with van der Waals surface area (Å²) in [6, 6.07) is 18.9. The number of hydrogen-bond acceptors (Lipinski definition) is 4. The average Bonchev–Trinajstić information content (AvgIpc) is 2.89. The van der Waals surface area contributed by atoms with Gasteiger partial charge in [-0.2, -0.15) is 5.01 Å². The first-order valence-electron chi connectivity index (χ1n) is 12.4. The van der Waals surface area contributed by atoms with Gasteiger partial charge in [-0.05, 0) is 37.3 Å². The fraction of sp³-hybridized carbons (Fsp3) is 0.393. The number of nitrogens with zero attached hydrogens (tertiary/aromatic N) is 4. The number of benzene rings is 2. The largest absolute Gasteiger partial charge is 0.337 e. The van der Waals surface area contributed by atoms with E-state index in [2.05, 4.69) is 23.4 Å². The Morgan fingerprint density at radius 3 is 2.36 bits per heavy atom. The summed E-state index contributed by atoms with van der Waals surface area (Å²) in [6.07, 6.45) is 7.67. The molecule has 2 aromatic rings. The zero-order valence-electron chi connectivity index (χ0n) is 20.7. The second kappa shape index (κ2) is 11.7. The molecule has 2 aromatic carbocycles. The topological polar surface area (TPSA) is 76.2 Å². The van der Waals surface area contributed by atoms with Crippen molar-refractivity contribution in [2.75, 3.05) is 26.2 Å². The van der Waals surface area contributed by atoms with Crippen molar-refractivity contribution >= 4 is 17.8 Å². The van der Waals surface area contributed by atoms with Gasteiger partial charge in [0, 0.05) is 13.1 Å². The summed E-state index contributed by atoms with van der Waals surface area (Å²) in [7, 11) is 0. The molecule has 0 aromatic heterocycles. The van der Waals surface area contributed by atoms with E-state index in [1.165, 1.54) is 15.5 Å². The smallest absolute Gasteiger partial charge is 0.334 e. The zero-order valence-corrected chi connectivity index (χ0v) is 20.7. The van der Waals surface area contributed by atoms with Crippen LogP contribution in [0.4, 0.5) is 4.79 Å². The number of terminal acetylenes is 1. The van der Waals surface area contributed by atoms with Gasteiger partial charge in [-0.15, -0.1) is 6.42 Å². The maximum absolute atomic E-state index is 13.4. The molecule has 4 rings (SSSR count). The molecule has 1 N–H and O–H groups in total. The van der Waals surface area contributed by atoms with E-state index in [1.54, 1.807) is 16.8 Å². The quantitative estimate of drug-likeness (QED) is 0.459. The van der Waals surface area contributed by atoms with Gasteiger partial charge < -0.3 is 15.1 Å². The molecule has 0 spiro atoms. The molecule has 0 unspecified atom stereocenters. The molecule has 2 saturated heterocycles. The normalized spacial score (nSPS) is 20.2. The van der Waals surface area contributed by atoms with Crippen LogP contribution in [-0.4, -0.2) is 76.0 Å². The van der Waals surface area contributed by atoms with E-state index in [-0.39, 0.29) is 37.5 Å². The molecule has 188 valence electrons. The van der Waals surface area contributed by atoms with Gasteiger partial charge >= 0.3 is 6.03 Å². The third kappa shape index (κ3) is 5.69. The van der Waals surface area contributed by atoms with Crippen LogP contribution in [0.25, 0.3) is 0 Å². The minimum absolute atomic E-state index is 0.0475. The Morgan fingerprint density at radius 1 is 1.03 bits per heavy atom. The van der Waals surface area contributed by atoms with Crippen LogP contribution in [0, 0.1) is 12.3 Å². The van der Waals surface area contributed by atoms with Crippen LogP contribution in [0.5, 0.6) is 0 Å². The van der Waals surface area contributed by atoms with Gasteiger partial charge in [-0.3, -0.25) is 9.59 Å². The number of carbonyl (C=O) groups is 3. The number of rotatable bonds is 8. The molecule has 4 amide bonds. The highest BCUT2D eigenvalue weighted by Crippen LogP contribution is 2.26. The summed E-state index contributed by atoms with van der Waals surface area (Å²) in [6.45, 7) is 2.98. The molecule has 2 aliphatic rings. The third-order valence-electron chi connectivity index (χ3n) is 6.74. The van der Waals surface area contributed by atoms with E-state index in [0.717, 1.165) is 24.8 Å². The lowest BCUT2D eigenvalue weighted by atomic mass is 10.1. The second-order valence-corrected chi connectivity index (χ2v) is 9.20. The van der Waals surface area contributed by atoms with E-state index in [4.69, 9.17) is 6.42 Å². The van der Waals surface area contributed by atoms with Crippen molar-refractivity contribution in [3.05, 3.63) is 71.8 Å². The molecule has 0 saturated carbocycles. The van der Waals surface area contributed by atoms with Crippen LogP contribution in [-0.2, 0) is 22.6 Å². The maximum Gasteiger partial charge on any atom is 0.334 e. The van der Waals surface area contributed by atoms with Crippen molar-refractivity contribution in [3.8, 4) is 12.3 Å². The Kier molecular flexibility index (Phi) is 8.24. The summed E-state index contributed by atoms with van der Waals surface area (Å²) in [5.41, 5.74) is 2.23. The Hall–Kier alpha value is -3.83. The average molecular weight is 488 g/mol. The van der Waals surface area contributed by atoms with Gasteiger partial charge in [0.25, 0.3) is 0 Å². The number of aryl methyl sites for hydroxylation is 1. The Balaban J connectivity index is 1.46. The molecule has 36 heavy (non-hydrogen) atoms. The van der Waals surface area contributed by atoms with Gasteiger partial charge in [0.15, 0.2) is 0 Å².